The number of hydrogen-bond donors (Lipinski definition) is 0. The minimum Gasteiger partial charge on any atom is -0.767 e. The van der Waals surface area contributed by atoms with Crippen LogP contribution in [-0.2, 0) is 11.1 Å². The molecule has 1 heterocycles. The average molecular weight is 189 g/mol. The molecule has 64 valence electrons. The molecular weight excluding hydrogens is 181 g/mol. The Morgan fingerprint density at radius 3 is 2.77 bits per heavy atom. The summed E-state index contributed by atoms with van der Waals surface area (Å²) in [5.41, 5.74) is 0.880. The van der Waals surface area contributed by atoms with Crippen LogP contribution in [0.3, 0.4) is 0 Å². The molecule has 5 heteroatoms. The average Bonchev–Trinajstić information content (AvgIpc) is 2.87. The normalized spacial score (nSPS) is 17.6. The molecule has 2 rings (SSSR count). The zero-order chi connectivity index (χ0) is 8.55. The van der Waals surface area contributed by atoms with Crippen LogP contribution >= 0.6 is 0 Å². The molecule has 0 bridgehead atoms. The van der Waals surface area contributed by atoms with Gasteiger partial charge in [0, 0.05) is 6.20 Å². The molecule has 1 fully saturated rings. The molecule has 1 aromatic rings. The zero-order valence-electron chi connectivity index (χ0n) is 7.40. The van der Waals surface area contributed by atoms with E-state index in [0.29, 0.717) is 5.92 Å². The van der Waals surface area contributed by atoms with Gasteiger partial charge >= 0.3 is 18.9 Å². The third kappa shape index (κ3) is 2.41. The number of aromatic nitrogens is 1. The van der Waals surface area contributed by atoms with Gasteiger partial charge in [-0.2, -0.15) is 0 Å². The van der Waals surface area contributed by atoms with Crippen LogP contribution in [0.5, 0.6) is 0 Å². The van der Waals surface area contributed by atoms with Gasteiger partial charge in [0.1, 0.15) is 5.03 Å². The van der Waals surface area contributed by atoms with E-state index in [9.17, 15) is 8.76 Å². The number of hydrogen-bond acceptors (Lipinski definition) is 3. The minimum atomic E-state index is -2.18. The minimum absolute atomic E-state index is 0. The molecule has 1 aromatic heterocycles. The van der Waals surface area contributed by atoms with E-state index in [1.807, 2.05) is 6.07 Å². The Balaban J connectivity index is 0.000000845. The fraction of sp³-hybridized carbons (Fsp3) is 0.375. The van der Waals surface area contributed by atoms with Crippen LogP contribution in [0.25, 0.3) is 0 Å². The molecular formula is C8H8LiNO2S. The molecule has 13 heavy (non-hydrogen) atoms. The Morgan fingerprint density at radius 1 is 1.54 bits per heavy atom. The van der Waals surface area contributed by atoms with Crippen molar-refractivity contribution >= 4 is 11.1 Å². The fourth-order valence-electron chi connectivity index (χ4n) is 1.25. The van der Waals surface area contributed by atoms with Crippen molar-refractivity contribution < 1.29 is 27.6 Å². The van der Waals surface area contributed by atoms with Crippen molar-refractivity contribution in [2.75, 3.05) is 0 Å². The molecule has 0 N–H and O–H groups in total. The van der Waals surface area contributed by atoms with E-state index >= 15 is 0 Å². The molecule has 1 aliphatic rings. The molecule has 0 amide bonds. The largest absolute Gasteiger partial charge is 1.00 e. The van der Waals surface area contributed by atoms with Gasteiger partial charge in [0.05, 0.1) is 0 Å². The van der Waals surface area contributed by atoms with Crippen molar-refractivity contribution in [1.82, 2.24) is 4.98 Å². The molecule has 1 unspecified atom stereocenters. The molecule has 0 aliphatic heterocycles. The van der Waals surface area contributed by atoms with E-state index < -0.39 is 11.1 Å². The van der Waals surface area contributed by atoms with Gasteiger partial charge in [-0.05, 0) is 41.5 Å². The van der Waals surface area contributed by atoms with E-state index in [2.05, 4.69) is 4.98 Å². The molecule has 3 nitrogen and oxygen atoms in total. The summed E-state index contributed by atoms with van der Waals surface area (Å²) in [4.78, 5) is 3.83. The van der Waals surface area contributed by atoms with Crippen molar-refractivity contribution in [1.29, 1.82) is 0 Å². The van der Waals surface area contributed by atoms with Crippen LogP contribution in [0.15, 0.2) is 23.4 Å². The summed E-state index contributed by atoms with van der Waals surface area (Å²) in [6.45, 7) is 0. The van der Waals surface area contributed by atoms with Gasteiger partial charge in [0.25, 0.3) is 0 Å². The van der Waals surface area contributed by atoms with Gasteiger partial charge in [0.15, 0.2) is 0 Å². The van der Waals surface area contributed by atoms with Crippen molar-refractivity contribution in [2.45, 2.75) is 23.8 Å². The summed E-state index contributed by atoms with van der Waals surface area (Å²) in [5.74, 6) is 0.437. The number of rotatable bonds is 2. The summed E-state index contributed by atoms with van der Waals surface area (Å²) in [5, 5.41) is 0.222. The SMILES string of the molecule is O=S([O-])c1ncccc1C1CC1.[Li+]. The second kappa shape index (κ2) is 4.38. The molecule has 1 aliphatic carbocycles. The van der Waals surface area contributed by atoms with Gasteiger partial charge < -0.3 is 4.55 Å². The molecule has 0 spiro atoms. The quantitative estimate of drug-likeness (QED) is 0.407. The maximum atomic E-state index is 10.7. The van der Waals surface area contributed by atoms with E-state index in [1.54, 1.807) is 6.07 Å². The van der Waals surface area contributed by atoms with E-state index in [4.69, 9.17) is 0 Å². The molecule has 1 saturated carbocycles. The maximum absolute atomic E-state index is 10.7. The first-order chi connectivity index (χ1) is 5.79. The summed E-state index contributed by atoms with van der Waals surface area (Å²) in [6, 6.07) is 3.62. The Labute approximate surface area is 91.4 Å². The Kier molecular flexibility index (Phi) is 3.69. The van der Waals surface area contributed by atoms with E-state index in [0.717, 1.165) is 18.4 Å². The van der Waals surface area contributed by atoms with Crippen molar-refractivity contribution in [3.8, 4) is 0 Å². The fourth-order valence-corrected chi connectivity index (χ4v) is 1.82. The summed E-state index contributed by atoms with van der Waals surface area (Å²) in [6.07, 6.45) is 3.70. The summed E-state index contributed by atoms with van der Waals surface area (Å²) in [7, 11) is 0. The smallest absolute Gasteiger partial charge is 0.767 e. The Hall–Kier alpha value is -0.143. The number of nitrogens with zero attached hydrogens (tertiary/aromatic N) is 1. The molecule has 0 aromatic carbocycles. The molecule has 1 atom stereocenters. The van der Waals surface area contributed by atoms with Gasteiger partial charge in [-0.25, -0.2) is 4.98 Å². The van der Waals surface area contributed by atoms with Gasteiger partial charge in [0.2, 0.25) is 0 Å². The Morgan fingerprint density at radius 2 is 2.23 bits per heavy atom. The first-order valence-corrected chi connectivity index (χ1v) is 4.90. The topological polar surface area (TPSA) is 53.0 Å². The predicted molar refractivity (Wildman–Crippen MR) is 43.4 cm³/mol. The van der Waals surface area contributed by atoms with Crippen LogP contribution in [0.4, 0.5) is 0 Å². The van der Waals surface area contributed by atoms with Crippen LogP contribution < -0.4 is 18.9 Å². The van der Waals surface area contributed by atoms with Crippen LogP contribution in [0.2, 0.25) is 0 Å². The van der Waals surface area contributed by atoms with Crippen LogP contribution in [-0.4, -0.2) is 13.7 Å². The first-order valence-electron chi connectivity index (χ1n) is 3.83. The third-order valence-corrected chi connectivity index (χ3v) is 2.63. The van der Waals surface area contributed by atoms with Crippen LogP contribution in [0.1, 0.15) is 24.3 Å². The monoisotopic (exact) mass is 189 g/mol. The maximum Gasteiger partial charge on any atom is 1.00 e. The first kappa shape index (κ1) is 10.9. The zero-order valence-corrected chi connectivity index (χ0v) is 8.21. The van der Waals surface area contributed by atoms with E-state index in [1.165, 1.54) is 6.20 Å². The standard InChI is InChI=1S/C8H9NO2S.Li/c10-12(11)8-7(6-3-4-6)2-1-5-9-8;/h1-2,5-6H,3-4H2,(H,10,11);/q;+1/p-1. The summed E-state index contributed by atoms with van der Waals surface area (Å²) < 4.78 is 21.4. The predicted octanol–water partition coefficient (Wildman–Crippen LogP) is -1.80. The van der Waals surface area contributed by atoms with Crippen molar-refractivity contribution in [3.63, 3.8) is 0 Å². The molecule has 0 saturated heterocycles. The third-order valence-electron chi connectivity index (χ3n) is 1.98. The second-order valence-corrected chi connectivity index (χ2v) is 3.76. The molecule has 0 radical (unpaired) electrons. The summed E-state index contributed by atoms with van der Waals surface area (Å²) >= 11 is -2.18. The van der Waals surface area contributed by atoms with Crippen molar-refractivity contribution in [2.24, 2.45) is 0 Å². The van der Waals surface area contributed by atoms with Crippen molar-refractivity contribution in [3.05, 3.63) is 23.9 Å². The van der Waals surface area contributed by atoms with Gasteiger partial charge in [-0.15, -0.1) is 0 Å². The second-order valence-electron chi connectivity index (χ2n) is 2.91. The van der Waals surface area contributed by atoms with Gasteiger partial charge in [-0.3, -0.25) is 4.21 Å². The van der Waals surface area contributed by atoms with Crippen LogP contribution in [0, 0.1) is 0 Å². The Bertz CT molecular complexity index is 328. The number of pyridine rings is 1. The van der Waals surface area contributed by atoms with Gasteiger partial charge in [-0.1, -0.05) is 6.07 Å². The van der Waals surface area contributed by atoms with E-state index in [-0.39, 0.29) is 23.9 Å².